The third kappa shape index (κ3) is 5.59. The second kappa shape index (κ2) is 13.1. The number of benzene rings is 6. The topological polar surface area (TPSA) is 35.9 Å². The summed E-state index contributed by atoms with van der Waals surface area (Å²) in [7, 11) is 0. The van der Waals surface area contributed by atoms with Gasteiger partial charge in [0.05, 0.1) is 11.4 Å². The average molecular weight is 878 g/mol. The molecule has 264 valence electrons. The van der Waals surface area contributed by atoms with E-state index in [-0.39, 0.29) is 26.5 Å². The molecule has 0 radical (unpaired) electrons. The molecule has 54 heavy (non-hydrogen) atoms. The van der Waals surface area contributed by atoms with E-state index in [0.29, 0.717) is 11.5 Å². The van der Waals surface area contributed by atoms with E-state index in [1.165, 1.54) is 22.3 Å². The number of rotatable bonds is 4. The standard InChI is InChI=1S/C48H34N4O.Pt/c1-48(2,3)32-25-26-49-47(27-32)52-44-22-11-9-20-41(44)42-24-23-35(29-45(42)52)53-34-14-12-13-33(28-34)50-30-46-40-19-7-6-17-38(40)36-15-4-5-16-37(36)39-18-8-10-21-43(39)51(46)31-50;/h4-27,30H,1-3H3;/q-2;. The smallest absolute Gasteiger partial charge is 0.267 e. The number of nitrogens with zero attached hydrogens (tertiary/aromatic N) is 4. The fourth-order valence-corrected chi connectivity index (χ4v) is 7.59. The summed E-state index contributed by atoms with van der Waals surface area (Å²) < 4.78 is 12.9. The van der Waals surface area contributed by atoms with Crippen LogP contribution in [0, 0.1) is 18.5 Å². The molecular formula is C48H34N4OPt-2. The van der Waals surface area contributed by atoms with Crippen molar-refractivity contribution in [1.29, 1.82) is 0 Å². The van der Waals surface area contributed by atoms with Crippen LogP contribution in [0.15, 0.2) is 152 Å². The minimum Gasteiger partial charge on any atom is -0.510 e. The Kier molecular flexibility index (Phi) is 8.21. The number of imidazole rings is 1. The van der Waals surface area contributed by atoms with Gasteiger partial charge in [0.2, 0.25) is 0 Å². The summed E-state index contributed by atoms with van der Waals surface area (Å²) in [5.41, 5.74) is 12.0. The molecule has 3 aromatic heterocycles. The van der Waals surface area contributed by atoms with Crippen LogP contribution in [0.1, 0.15) is 26.3 Å². The molecule has 0 unspecified atom stereocenters. The van der Waals surface area contributed by atoms with Crippen molar-refractivity contribution in [3.8, 4) is 62.2 Å². The molecule has 5 nitrogen and oxygen atoms in total. The zero-order valence-corrected chi connectivity index (χ0v) is 32.2. The number of hydrogen-bond donors (Lipinski definition) is 0. The Bertz CT molecular complexity index is 2790. The van der Waals surface area contributed by atoms with Crippen molar-refractivity contribution >= 4 is 21.8 Å². The Morgan fingerprint density at radius 2 is 1.30 bits per heavy atom. The minimum atomic E-state index is -0.0135. The molecule has 0 spiro atoms. The Morgan fingerprint density at radius 1 is 0.630 bits per heavy atom. The molecule has 6 aromatic carbocycles. The molecule has 0 aliphatic carbocycles. The maximum Gasteiger partial charge on any atom is 0.267 e. The van der Waals surface area contributed by atoms with Crippen LogP contribution in [0.5, 0.6) is 11.5 Å². The molecule has 0 saturated carbocycles. The normalized spacial score (nSPS) is 11.8. The molecule has 1 aliphatic heterocycles. The number of pyridine rings is 1. The Hall–Kier alpha value is -6.03. The average Bonchev–Trinajstić information content (AvgIpc) is 3.77. The van der Waals surface area contributed by atoms with Crippen LogP contribution in [0.4, 0.5) is 0 Å². The van der Waals surface area contributed by atoms with Gasteiger partial charge in [0.1, 0.15) is 5.82 Å². The van der Waals surface area contributed by atoms with Crippen molar-refractivity contribution in [3.63, 3.8) is 0 Å². The summed E-state index contributed by atoms with van der Waals surface area (Å²) >= 11 is 0. The van der Waals surface area contributed by atoms with Gasteiger partial charge < -0.3 is 13.9 Å². The van der Waals surface area contributed by atoms with E-state index in [1.807, 2.05) is 35.0 Å². The maximum absolute atomic E-state index is 6.53. The van der Waals surface area contributed by atoms with Crippen molar-refractivity contribution in [1.82, 2.24) is 14.1 Å². The van der Waals surface area contributed by atoms with E-state index in [9.17, 15) is 0 Å². The van der Waals surface area contributed by atoms with E-state index in [2.05, 4.69) is 170 Å². The molecule has 0 bridgehead atoms. The predicted molar refractivity (Wildman–Crippen MR) is 211 cm³/mol. The summed E-state index contributed by atoms with van der Waals surface area (Å²) in [4.78, 5) is 4.82. The third-order valence-electron chi connectivity index (χ3n) is 10.2. The molecule has 1 aliphatic rings. The van der Waals surface area contributed by atoms with Gasteiger partial charge in [-0.25, -0.2) is 4.98 Å². The summed E-state index contributed by atoms with van der Waals surface area (Å²) in [6.07, 6.45) is 7.67. The van der Waals surface area contributed by atoms with E-state index in [1.54, 1.807) is 0 Å². The molecule has 0 amide bonds. The zero-order chi connectivity index (χ0) is 35.7. The summed E-state index contributed by atoms with van der Waals surface area (Å²) in [5, 5.41) is 2.23. The fraction of sp³-hybridized carbons (Fsp3) is 0.0833. The molecule has 0 atom stereocenters. The number of ether oxygens (including phenoxy) is 1. The fourth-order valence-electron chi connectivity index (χ4n) is 7.59. The first kappa shape index (κ1) is 33.8. The van der Waals surface area contributed by atoms with Crippen LogP contribution < -0.4 is 9.30 Å². The number of aromatic nitrogens is 4. The number of para-hydroxylation sites is 2. The molecule has 0 saturated heterocycles. The second-order valence-electron chi connectivity index (χ2n) is 14.5. The first-order valence-electron chi connectivity index (χ1n) is 17.9. The predicted octanol–water partition coefficient (Wildman–Crippen LogP) is 11.0. The van der Waals surface area contributed by atoms with E-state index >= 15 is 0 Å². The molecular weight excluding hydrogens is 844 g/mol. The molecule has 0 fully saturated rings. The van der Waals surface area contributed by atoms with Crippen molar-refractivity contribution in [2.75, 3.05) is 0 Å². The van der Waals surface area contributed by atoms with Gasteiger partial charge in [-0.15, -0.1) is 29.7 Å². The van der Waals surface area contributed by atoms with Crippen LogP contribution in [0.25, 0.3) is 72.5 Å². The maximum atomic E-state index is 6.53. The summed E-state index contributed by atoms with van der Waals surface area (Å²) in [6.45, 7) is 6.67. The number of hydrogen-bond acceptors (Lipinski definition) is 2. The molecule has 4 heterocycles. The van der Waals surface area contributed by atoms with E-state index in [0.717, 1.165) is 55.8 Å². The van der Waals surface area contributed by atoms with Crippen LogP contribution >= 0.6 is 0 Å². The monoisotopic (exact) mass is 877 g/mol. The van der Waals surface area contributed by atoms with Gasteiger partial charge in [-0.1, -0.05) is 111 Å². The van der Waals surface area contributed by atoms with Gasteiger partial charge in [0, 0.05) is 50.5 Å². The Morgan fingerprint density at radius 3 is 2.09 bits per heavy atom. The van der Waals surface area contributed by atoms with Crippen molar-refractivity contribution in [3.05, 3.63) is 176 Å². The van der Waals surface area contributed by atoms with Crippen LogP contribution in [0.3, 0.4) is 0 Å². The number of fused-ring (bicyclic) bond motifs is 11. The first-order chi connectivity index (χ1) is 25.9. The zero-order valence-electron chi connectivity index (χ0n) is 29.9. The summed E-state index contributed by atoms with van der Waals surface area (Å²) in [5.74, 6) is 2.04. The van der Waals surface area contributed by atoms with Gasteiger partial charge in [-0.05, 0) is 74.1 Å². The van der Waals surface area contributed by atoms with Gasteiger partial charge >= 0.3 is 0 Å². The Balaban J connectivity index is 0.00000384. The molecule has 0 N–H and O–H groups in total. The SMILES string of the molecule is CC(C)(C)c1ccnc(-n2c3[c-]c(Oc4[c-]c(-n5[c-][n+]6c(c5)-c5ccccc5-c5ccccc5-c5ccccc5-6)ccc4)ccc3c3ccccc32)c1.[Pt]. The van der Waals surface area contributed by atoms with Gasteiger partial charge in [0.25, 0.3) is 6.33 Å². The summed E-state index contributed by atoms with van der Waals surface area (Å²) in [6, 6.07) is 55.6. The minimum absolute atomic E-state index is 0. The second-order valence-corrected chi connectivity index (χ2v) is 14.5. The van der Waals surface area contributed by atoms with Crippen LogP contribution in [0.2, 0.25) is 0 Å². The van der Waals surface area contributed by atoms with Crippen molar-refractivity contribution < 1.29 is 30.4 Å². The van der Waals surface area contributed by atoms with E-state index < -0.39 is 0 Å². The van der Waals surface area contributed by atoms with Crippen LogP contribution in [-0.4, -0.2) is 14.1 Å². The van der Waals surface area contributed by atoms with Crippen LogP contribution in [-0.2, 0) is 26.5 Å². The third-order valence-corrected chi connectivity index (χ3v) is 10.2. The van der Waals surface area contributed by atoms with E-state index in [4.69, 9.17) is 9.72 Å². The first-order valence-corrected chi connectivity index (χ1v) is 17.9. The van der Waals surface area contributed by atoms with Gasteiger partial charge in [0.15, 0.2) is 0 Å². The Labute approximate surface area is 329 Å². The molecule has 9 aromatic rings. The van der Waals surface area contributed by atoms with Crippen molar-refractivity contribution in [2.45, 2.75) is 26.2 Å². The molecule has 10 rings (SSSR count). The van der Waals surface area contributed by atoms with Crippen molar-refractivity contribution in [2.24, 2.45) is 0 Å². The molecule has 6 heteroatoms. The van der Waals surface area contributed by atoms with Gasteiger partial charge in [-0.3, -0.25) is 4.57 Å². The van der Waals surface area contributed by atoms with Gasteiger partial charge in [-0.2, -0.15) is 18.2 Å². The quantitative estimate of drug-likeness (QED) is 0.130. The largest absolute Gasteiger partial charge is 0.510 e.